The lowest BCUT2D eigenvalue weighted by molar-refractivity contribution is -0.0488. The Hall–Kier alpha value is 0.0800. The van der Waals surface area contributed by atoms with Crippen molar-refractivity contribution in [3.8, 4) is 0 Å². The van der Waals surface area contributed by atoms with Gasteiger partial charge in [-0.1, -0.05) is 24.9 Å². The number of rotatable bonds is 4. The predicted molar refractivity (Wildman–Crippen MR) is 35.2 cm³/mol. The van der Waals surface area contributed by atoms with E-state index in [1.165, 1.54) is 0 Å². The molecule has 0 aromatic rings. The van der Waals surface area contributed by atoms with Crippen molar-refractivity contribution in [1.29, 1.82) is 0 Å². The Morgan fingerprint density at radius 3 is 2.30 bits per heavy atom. The van der Waals surface area contributed by atoms with Gasteiger partial charge < -0.3 is 0 Å². The summed E-state index contributed by atoms with van der Waals surface area (Å²) >= 11 is 4.59. The number of hydrogen-bond donors (Lipinski definition) is 0. The van der Waals surface area contributed by atoms with Crippen LogP contribution in [0.3, 0.4) is 0 Å². The van der Waals surface area contributed by atoms with E-state index in [-0.39, 0.29) is 0 Å². The molecule has 0 N–H and O–H groups in total. The summed E-state index contributed by atoms with van der Waals surface area (Å²) in [6.07, 6.45) is 0.466. The molecular formula is C6H10ClF3. The van der Waals surface area contributed by atoms with Crippen LogP contribution in [0.5, 0.6) is 0 Å². The first kappa shape index (κ1) is 10.1. The molecule has 1 unspecified atom stereocenters. The van der Waals surface area contributed by atoms with Crippen molar-refractivity contribution >= 4 is 11.6 Å². The van der Waals surface area contributed by atoms with Gasteiger partial charge in [0.05, 0.1) is 0 Å². The fourth-order valence-electron chi connectivity index (χ4n) is 0.522. The molecule has 4 heteroatoms. The lowest BCUT2D eigenvalue weighted by Crippen LogP contribution is -2.25. The van der Waals surface area contributed by atoms with Gasteiger partial charge in [0, 0.05) is 6.42 Å². The Morgan fingerprint density at radius 1 is 1.50 bits per heavy atom. The van der Waals surface area contributed by atoms with Gasteiger partial charge in [-0.3, -0.25) is 0 Å². The number of alkyl halides is 4. The smallest absolute Gasteiger partial charge is 0.223 e. The highest BCUT2D eigenvalue weighted by Crippen LogP contribution is 2.29. The standard InChI is InChI=1S/C6H10ClF3/c1-2-3-4-6(9,10)5(7)8/h5H,2-4H2,1H3. The van der Waals surface area contributed by atoms with E-state index in [4.69, 9.17) is 0 Å². The highest BCUT2D eigenvalue weighted by atomic mass is 35.5. The Balaban J connectivity index is 3.63. The zero-order valence-electron chi connectivity index (χ0n) is 5.71. The zero-order chi connectivity index (χ0) is 8.20. The molecule has 0 aliphatic rings. The quantitative estimate of drug-likeness (QED) is 0.574. The molecule has 0 saturated carbocycles. The van der Waals surface area contributed by atoms with E-state index in [1.54, 1.807) is 6.92 Å². The van der Waals surface area contributed by atoms with Crippen molar-refractivity contribution in [3.63, 3.8) is 0 Å². The summed E-state index contributed by atoms with van der Waals surface area (Å²) in [5, 5.41) is 0. The van der Waals surface area contributed by atoms with Gasteiger partial charge in [-0.2, -0.15) is 0 Å². The molecule has 0 aliphatic carbocycles. The third-order valence-corrected chi connectivity index (χ3v) is 1.50. The summed E-state index contributed by atoms with van der Waals surface area (Å²) in [5.74, 6) is -3.35. The van der Waals surface area contributed by atoms with Gasteiger partial charge in [-0.15, -0.1) is 0 Å². The molecule has 62 valence electrons. The largest absolute Gasteiger partial charge is 0.292 e. The minimum atomic E-state index is -3.35. The molecule has 0 heterocycles. The first-order valence-corrected chi connectivity index (χ1v) is 3.60. The summed E-state index contributed by atoms with van der Waals surface area (Å²) in [4.78, 5) is 0. The maximum Gasteiger partial charge on any atom is 0.292 e. The molecule has 10 heavy (non-hydrogen) atoms. The minimum Gasteiger partial charge on any atom is -0.223 e. The van der Waals surface area contributed by atoms with Gasteiger partial charge in [0.15, 0.2) is 0 Å². The Morgan fingerprint density at radius 2 is 2.00 bits per heavy atom. The van der Waals surface area contributed by atoms with E-state index in [2.05, 4.69) is 11.6 Å². The zero-order valence-corrected chi connectivity index (χ0v) is 6.47. The molecule has 0 radical (unpaired) electrons. The maximum absolute atomic E-state index is 12.2. The maximum atomic E-state index is 12.2. The van der Waals surface area contributed by atoms with Gasteiger partial charge in [-0.25, -0.2) is 13.2 Å². The molecule has 0 amide bonds. The first-order valence-electron chi connectivity index (χ1n) is 3.16. The summed E-state index contributed by atoms with van der Waals surface area (Å²) in [6, 6.07) is 0. The normalized spacial score (nSPS) is 15.3. The van der Waals surface area contributed by atoms with Crippen molar-refractivity contribution in [1.82, 2.24) is 0 Å². The molecule has 0 nitrogen and oxygen atoms in total. The average molecular weight is 175 g/mol. The van der Waals surface area contributed by atoms with E-state index >= 15 is 0 Å². The number of halogens is 4. The molecule has 0 bridgehead atoms. The molecular weight excluding hydrogens is 165 g/mol. The highest BCUT2D eigenvalue weighted by molar-refractivity contribution is 6.20. The van der Waals surface area contributed by atoms with Crippen molar-refractivity contribution in [2.45, 2.75) is 37.7 Å². The Labute approximate surface area is 63.4 Å². The van der Waals surface area contributed by atoms with Gasteiger partial charge in [0.25, 0.3) is 5.92 Å². The number of unbranched alkanes of at least 4 members (excludes halogenated alkanes) is 1. The van der Waals surface area contributed by atoms with Gasteiger partial charge >= 0.3 is 0 Å². The van der Waals surface area contributed by atoms with Crippen LogP contribution in [-0.2, 0) is 0 Å². The fraction of sp³-hybridized carbons (Fsp3) is 1.00. The van der Waals surface area contributed by atoms with Crippen molar-refractivity contribution in [3.05, 3.63) is 0 Å². The van der Waals surface area contributed by atoms with Crippen LogP contribution in [0.1, 0.15) is 26.2 Å². The minimum absolute atomic E-state index is 0.306. The van der Waals surface area contributed by atoms with Crippen LogP contribution in [0.4, 0.5) is 13.2 Å². The van der Waals surface area contributed by atoms with Crippen molar-refractivity contribution in [2.75, 3.05) is 0 Å². The Kier molecular flexibility index (Phi) is 4.09. The van der Waals surface area contributed by atoms with Crippen LogP contribution in [-0.4, -0.2) is 11.6 Å². The monoisotopic (exact) mass is 174 g/mol. The molecule has 0 aromatic carbocycles. The molecule has 0 aromatic heterocycles. The van der Waals surface area contributed by atoms with Crippen molar-refractivity contribution in [2.24, 2.45) is 0 Å². The summed E-state index contributed by atoms with van der Waals surface area (Å²) in [5.41, 5.74) is -2.54. The first-order chi connectivity index (χ1) is 4.50. The molecule has 1 atom stereocenters. The molecule has 0 rings (SSSR count). The molecule has 0 fully saturated rings. The highest BCUT2D eigenvalue weighted by Gasteiger charge is 2.37. The molecule has 0 spiro atoms. The second-order valence-electron chi connectivity index (χ2n) is 2.17. The van der Waals surface area contributed by atoms with Crippen LogP contribution in [0, 0.1) is 0 Å². The van der Waals surface area contributed by atoms with Crippen LogP contribution in [0.2, 0.25) is 0 Å². The van der Waals surface area contributed by atoms with E-state index < -0.39 is 18.0 Å². The fourth-order valence-corrected chi connectivity index (χ4v) is 0.631. The third-order valence-electron chi connectivity index (χ3n) is 1.18. The van der Waals surface area contributed by atoms with Crippen LogP contribution >= 0.6 is 11.6 Å². The third kappa shape index (κ3) is 3.30. The predicted octanol–water partition coefficient (Wildman–Crippen LogP) is 3.35. The number of hydrogen-bond acceptors (Lipinski definition) is 0. The van der Waals surface area contributed by atoms with Crippen molar-refractivity contribution < 1.29 is 13.2 Å². The van der Waals surface area contributed by atoms with Gasteiger partial charge in [0.2, 0.25) is 5.63 Å². The average Bonchev–Trinajstić information content (AvgIpc) is 1.84. The van der Waals surface area contributed by atoms with Gasteiger partial charge in [-0.05, 0) is 6.42 Å². The summed E-state index contributed by atoms with van der Waals surface area (Å²) in [7, 11) is 0. The van der Waals surface area contributed by atoms with E-state index in [1.807, 2.05) is 0 Å². The molecule has 0 aliphatic heterocycles. The van der Waals surface area contributed by atoms with Crippen LogP contribution < -0.4 is 0 Å². The SMILES string of the molecule is CCCCC(F)(F)C(F)Cl. The Bertz CT molecular complexity index is 93.0. The lowest BCUT2D eigenvalue weighted by atomic mass is 10.2. The summed E-state index contributed by atoms with van der Waals surface area (Å²) < 4.78 is 36.3. The van der Waals surface area contributed by atoms with E-state index in [0.29, 0.717) is 12.8 Å². The lowest BCUT2D eigenvalue weighted by Gasteiger charge is -2.14. The second kappa shape index (κ2) is 4.06. The molecule has 0 saturated heterocycles. The second-order valence-corrected chi connectivity index (χ2v) is 2.55. The van der Waals surface area contributed by atoms with E-state index in [9.17, 15) is 13.2 Å². The van der Waals surface area contributed by atoms with Crippen LogP contribution in [0.15, 0.2) is 0 Å². The topological polar surface area (TPSA) is 0 Å². The van der Waals surface area contributed by atoms with Gasteiger partial charge in [0.1, 0.15) is 0 Å². The van der Waals surface area contributed by atoms with E-state index in [0.717, 1.165) is 0 Å². The van der Waals surface area contributed by atoms with Crippen LogP contribution in [0.25, 0.3) is 0 Å². The summed E-state index contributed by atoms with van der Waals surface area (Å²) in [6.45, 7) is 1.76.